The molecule has 98 valence electrons. The number of ether oxygens (including phenoxy) is 1. The molecule has 0 saturated carbocycles. The standard InChI is InChI=1S/C12H18N4O2/c1-7-5-10(12(17)18-7)14-9-3-4-11-13-8(2)15-16(11)6-9/h7,9-10,14H,3-6H2,1-2H3/t7-,9+,10+/m0/s1. The van der Waals surface area contributed by atoms with Crippen LogP contribution in [0.5, 0.6) is 0 Å². The van der Waals surface area contributed by atoms with E-state index in [0.29, 0.717) is 0 Å². The molecule has 3 rings (SSSR count). The van der Waals surface area contributed by atoms with Crippen molar-refractivity contribution in [2.45, 2.75) is 57.8 Å². The van der Waals surface area contributed by atoms with Crippen LogP contribution in [0, 0.1) is 6.92 Å². The minimum Gasteiger partial charge on any atom is -0.461 e. The fraction of sp³-hybridized carbons (Fsp3) is 0.750. The molecule has 6 nitrogen and oxygen atoms in total. The Balaban J connectivity index is 1.64. The summed E-state index contributed by atoms with van der Waals surface area (Å²) in [5.41, 5.74) is 0. The third-order valence-corrected chi connectivity index (χ3v) is 3.57. The van der Waals surface area contributed by atoms with Crippen LogP contribution in [0.2, 0.25) is 0 Å². The Morgan fingerprint density at radius 1 is 1.50 bits per heavy atom. The van der Waals surface area contributed by atoms with Crippen molar-refractivity contribution in [1.29, 1.82) is 0 Å². The highest BCUT2D eigenvalue weighted by molar-refractivity contribution is 5.77. The van der Waals surface area contributed by atoms with Crippen molar-refractivity contribution < 1.29 is 9.53 Å². The van der Waals surface area contributed by atoms with E-state index in [-0.39, 0.29) is 24.2 Å². The van der Waals surface area contributed by atoms with E-state index in [1.54, 1.807) is 0 Å². The number of nitrogens with zero attached hydrogens (tertiary/aromatic N) is 3. The minimum atomic E-state index is -0.156. The van der Waals surface area contributed by atoms with Crippen LogP contribution in [-0.2, 0) is 22.5 Å². The fourth-order valence-corrected chi connectivity index (χ4v) is 2.75. The summed E-state index contributed by atoms with van der Waals surface area (Å²) in [6.45, 7) is 4.62. The van der Waals surface area contributed by atoms with Gasteiger partial charge in [0.1, 0.15) is 23.8 Å². The summed E-state index contributed by atoms with van der Waals surface area (Å²) in [4.78, 5) is 16.0. The number of hydrogen-bond acceptors (Lipinski definition) is 5. The van der Waals surface area contributed by atoms with Crippen LogP contribution in [0.1, 0.15) is 31.4 Å². The number of hydrogen-bond donors (Lipinski definition) is 1. The summed E-state index contributed by atoms with van der Waals surface area (Å²) in [6, 6.07) is 0.123. The molecule has 0 spiro atoms. The van der Waals surface area contributed by atoms with Gasteiger partial charge in [0.2, 0.25) is 0 Å². The van der Waals surface area contributed by atoms with Crippen molar-refractivity contribution >= 4 is 5.97 Å². The van der Waals surface area contributed by atoms with Gasteiger partial charge in [-0.3, -0.25) is 10.1 Å². The summed E-state index contributed by atoms with van der Waals surface area (Å²) >= 11 is 0. The van der Waals surface area contributed by atoms with E-state index in [0.717, 1.165) is 37.5 Å². The van der Waals surface area contributed by atoms with Crippen molar-refractivity contribution in [2.24, 2.45) is 0 Å². The number of aromatic nitrogens is 3. The summed E-state index contributed by atoms with van der Waals surface area (Å²) in [5.74, 6) is 1.75. The molecule has 0 unspecified atom stereocenters. The van der Waals surface area contributed by atoms with Gasteiger partial charge in [0.15, 0.2) is 0 Å². The van der Waals surface area contributed by atoms with Gasteiger partial charge in [-0.15, -0.1) is 0 Å². The molecule has 2 aliphatic rings. The number of carbonyl (C=O) groups excluding carboxylic acids is 1. The van der Waals surface area contributed by atoms with E-state index in [2.05, 4.69) is 15.4 Å². The fourth-order valence-electron chi connectivity index (χ4n) is 2.75. The number of carbonyl (C=O) groups is 1. The molecule has 18 heavy (non-hydrogen) atoms. The van der Waals surface area contributed by atoms with Crippen LogP contribution in [0.4, 0.5) is 0 Å². The average molecular weight is 250 g/mol. The summed E-state index contributed by atoms with van der Waals surface area (Å²) in [5, 5.41) is 7.74. The maximum atomic E-state index is 11.6. The molecule has 0 aromatic carbocycles. The molecule has 0 aliphatic carbocycles. The molecule has 1 aromatic rings. The molecule has 0 bridgehead atoms. The zero-order valence-corrected chi connectivity index (χ0v) is 10.7. The molecule has 3 atom stereocenters. The van der Waals surface area contributed by atoms with Gasteiger partial charge in [-0.1, -0.05) is 0 Å². The minimum absolute atomic E-state index is 0.0303. The molecule has 3 heterocycles. The van der Waals surface area contributed by atoms with Crippen LogP contribution in [0.3, 0.4) is 0 Å². The van der Waals surface area contributed by atoms with Gasteiger partial charge in [0.05, 0.1) is 6.54 Å². The third kappa shape index (κ3) is 2.12. The molecular formula is C12H18N4O2. The maximum Gasteiger partial charge on any atom is 0.323 e. The van der Waals surface area contributed by atoms with Gasteiger partial charge in [0.25, 0.3) is 0 Å². The lowest BCUT2D eigenvalue weighted by Crippen LogP contribution is -2.45. The van der Waals surface area contributed by atoms with Gasteiger partial charge in [-0.05, 0) is 20.3 Å². The van der Waals surface area contributed by atoms with Crippen molar-refractivity contribution in [3.8, 4) is 0 Å². The Hall–Kier alpha value is -1.43. The van der Waals surface area contributed by atoms with Crippen LogP contribution in [-0.4, -0.2) is 38.9 Å². The average Bonchev–Trinajstić information content (AvgIpc) is 2.80. The second kappa shape index (κ2) is 4.35. The molecule has 1 fully saturated rings. The zero-order valence-electron chi connectivity index (χ0n) is 10.7. The Labute approximate surface area is 106 Å². The predicted octanol–water partition coefficient (Wildman–Crippen LogP) is 0.195. The third-order valence-electron chi connectivity index (χ3n) is 3.57. The maximum absolute atomic E-state index is 11.6. The van der Waals surface area contributed by atoms with Crippen molar-refractivity contribution in [2.75, 3.05) is 0 Å². The molecule has 0 radical (unpaired) electrons. The molecule has 1 saturated heterocycles. The van der Waals surface area contributed by atoms with Gasteiger partial charge >= 0.3 is 5.97 Å². The van der Waals surface area contributed by atoms with E-state index < -0.39 is 0 Å². The number of rotatable bonds is 2. The zero-order chi connectivity index (χ0) is 12.7. The Morgan fingerprint density at radius 2 is 2.33 bits per heavy atom. The van der Waals surface area contributed by atoms with Crippen LogP contribution in [0.25, 0.3) is 0 Å². The molecule has 0 amide bonds. The highest BCUT2D eigenvalue weighted by Gasteiger charge is 2.34. The molecule has 1 N–H and O–H groups in total. The van der Waals surface area contributed by atoms with Crippen LogP contribution in [0.15, 0.2) is 0 Å². The monoisotopic (exact) mass is 250 g/mol. The van der Waals surface area contributed by atoms with Crippen LogP contribution < -0.4 is 5.32 Å². The Kier molecular flexibility index (Phi) is 2.81. The van der Waals surface area contributed by atoms with E-state index in [1.807, 2.05) is 18.5 Å². The van der Waals surface area contributed by atoms with E-state index in [4.69, 9.17) is 4.74 Å². The first-order valence-electron chi connectivity index (χ1n) is 6.48. The van der Waals surface area contributed by atoms with Crippen molar-refractivity contribution in [1.82, 2.24) is 20.1 Å². The van der Waals surface area contributed by atoms with E-state index in [9.17, 15) is 4.79 Å². The van der Waals surface area contributed by atoms with Gasteiger partial charge < -0.3 is 4.74 Å². The lowest BCUT2D eigenvalue weighted by Gasteiger charge is -2.25. The normalized spacial score (nSPS) is 31.2. The number of esters is 1. The van der Waals surface area contributed by atoms with Gasteiger partial charge in [-0.25, -0.2) is 9.67 Å². The SMILES string of the molecule is Cc1nc2n(n1)C[C@H](N[C@@H]1C[C@H](C)OC1=O)CC2. The predicted molar refractivity (Wildman–Crippen MR) is 64.0 cm³/mol. The van der Waals surface area contributed by atoms with Crippen molar-refractivity contribution in [3.63, 3.8) is 0 Å². The number of cyclic esters (lactones) is 1. The summed E-state index contributed by atoms with van der Waals surface area (Å²) < 4.78 is 7.10. The molecule has 2 aliphatic heterocycles. The highest BCUT2D eigenvalue weighted by atomic mass is 16.6. The molecule has 6 heteroatoms. The molecule has 1 aromatic heterocycles. The summed E-state index contributed by atoms with van der Waals surface area (Å²) in [6.07, 6.45) is 2.70. The van der Waals surface area contributed by atoms with Gasteiger partial charge in [0, 0.05) is 18.9 Å². The number of nitrogens with one attached hydrogen (secondary N) is 1. The first kappa shape index (κ1) is 11.6. The first-order chi connectivity index (χ1) is 8.61. The first-order valence-corrected chi connectivity index (χ1v) is 6.48. The number of aryl methyl sites for hydroxylation is 2. The lowest BCUT2D eigenvalue weighted by molar-refractivity contribution is -0.142. The smallest absolute Gasteiger partial charge is 0.323 e. The van der Waals surface area contributed by atoms with Gasteiger partial charge in [-0.2, -0.15) is 5.10 Å². The van der Waals surface area contributed by atoms with E-state index >= 15 is 0 Å². The molecular weight excluding hydrogens is 232 g/mol. The topological polar surface area (TPSA) is 69.0 Å². The largest absolute Gasteiger partial charge is 0.461 e. The quantitative estimate of drug-likeness (QED) is 0.759. The Morgan fingerprint density at radius 3 is 3.06 bits per heavy atom. The van der Waals surface area contributed by atoms with Crippen LogP contribution >= 0.6 is 0 Å². The highest BCUT2D eigenvalue weighted by Crippen LogP contribution is 2.18. The lowest BCUT2D eigenvalue weighted by atomic mass is 10.1. The summed E-state index contributed by atoms with van der Waals surface area (Å²) in [7, 11) is 0. The van der Waals surface area contributed by atoms with E-state index in [1.165, 1.54) is 0 Å². The second-order valence-corrected chi connectivity index (χ2v) is 5.20. The second-order valence-electron chi connectivity index (χ2n) is 5.20. The number of fused-ring (bicyclic) bond motifs is 1. The Bertz CT molecular complexity index is 471. The van der Waals surface area contributed by atoms with Crippen molar-refractivity contribution in [3.05, 3.63) is 11.6 Å².